The Bertz CT molecular complexity index is 1150. The molecule has 0 aliphatic carbocycles. The fourth-order valence-corrected chi connectivity index (χ4v) is 4.98. The molecule has 1 aliphatic heterocycles. The first-order chi connectivity index (χ1) is 15.4. The number of likely N-dealkylation sites (tertiary alicyclic amines) is 1. The predicted octanol–water partition coefficient (Wildman–Crippen LogP) is 3.96. The highest BCUT2D eigenvalue weighted by molar-refractivity contribution is 7.92. The van der Waals surface area contributed by atoms with Crippen molar-refractivity contribution in [3.05, 3.63) is 83.8 Å². The van der Waals surface area contributed by atoms with Gasteiger partial charge in [0.25, 0.3) is 15.9 Å². The van der Waals surface area contributed by atoms with Gasteiger partial charge >= 0.3 is 0 Å². The van der Waals surface area contributed by atoms with E-state index in [1.54, 1.807) is 30.5 Å². The Morgan fingerprint density at radius 1 is 1.06 bits per heavy atom. The number of hydrogen-bond acceptors (Lipinski definition) is 5. The molecule has 2 aromatic carbocycles. The first-order valence-corrected chi connectivity index (χ1v) is 12.2. The Morgan fingerprint density at radius 3 is 2.50 bits per heavy atom. The van der Waals surface area contributed by atoms with Crippen LogP contribution in [0.5, 0.6) is 0 Å². The molecular weight excluding hydrogens is 426 g/mol. The van der Waals surface area contributed by atoms with E-state index in [0.717, 1.165) is 37.3 Å². The lowest BCUT2D eigenvalue weighted by Crippen LogP contribution is -2.36. The Labute approximate surface area is 188 Å². The van der Waals surface area contributed by atoms with Crippen LogP contribution in [0.4, 0.5) is 5.69 Å². The second-order valence-electron chi connectivity index (χ2n) is 7.98. The van der Waals surface area contributed by atoms with Crippen LogP contribution in [0, 0.1) is 6.92 Å². The fraction of sp³-hybridized carbons (Fsp3) is 0.292. The summed E-state index contributed by atoms with van der Waals surface area (Å²) < 4.78 is 33.7. The topological polar surface area (TPSA) is 91.6 Å². The molecule has 2 heterocycles. The van der Waals surface area contributed by atoms with E-state index in [9.17, 15) is 13.2 Å². The normalized spacial score (nSPS) is 15.4. The fourth-order valence-electron chi connectivity index (χ4n) is 3.88. The number of benzene rings is 2. The van der Waals surface area contributed by atoms with E-state index in [4.69, 9.17) is 4.42 Å². The number of aryl methyl sites for hydroxylation is 1. The number of carbonyl (C=O) groups excluding carboxylic acids is 1. The van der Waals surface area contributed by atoms with Gasteiger partial charge in [-0.2, -0.15) is 0 Å². The number of nitrogens with one attached hydrogen (secondary N) is 2. The van der Waals surface area contributed by atoms with E-state index < -0.39 is 10.0 Å². The molecule has 0 spiro atoms. The van der Waals surface area contributed by atoms with Gasteiger partial charge in [-0.25, -0.2) is 8.42 Å². The summed E-state index contributed by atoms with van der Waals surface area (Å²) in [5, 5.41) is 2.94. The average Bonchev–Trinajstić information content (AvgIpc) is 3.50. The molecule has 7 nitrogen and oxygen atoms in total. The Kier molecular flexibility index (Phi) is 6.62. The highest BCUT2D eigenvalue weighted by atomic mass is 32.2. The van der Waals surface area contributed by atoms with Crippen molar-refractivity contribution in [2.75, 3.05) is 24.4 Å². The lowest BCUT2D eigenvalue weighted by atomic mass is 10.1. The molecule has 0 radical (unpaired) electrons. The van der Waals surface area contributed by atoms with Crippen molar-refractivity contribution in [3.63, 3.8) is 0 Å². The zero-order valence-corrected chi connectivity index (χ0v) is 18.8. The van der Waals surface area contributed by atoms with Crippen LogP contribution in [0.2, 0.25) is 0 Å². The summed E-state index contributed by atoms with van der Waals surface area (Å²) in [6.45, 7) is 4.23. The number of rotatable bonds is 8. The summed E-state index contributed by atoms with van der Waals surface area (Å²) in [6, 6.07) is 16.8. The van der Waals surface area contributed by atoms with E-state index in [1.165, 1.54) is 12.1 Å². The standard InChI is InChI=1S/C24H27N3O4S/c1-18-9-11-20(12-10-18)26-32(29,30)21-7-4-6-19(16-21)24(28)25-17-22(23-8-5-15-31-23)27-13-2-3-14-27/h4-12,15-16,22,26H,2-3,13-14,17H2,1H3,(H,25,28)/t22-/m0/s1. The van der Waals surface area contributed by atoms with Gasteiger partial charge in [-0.3, -0.25) is 14.4 Å². The lowest BCUT2D eigenvalue weighted by Gasteiger charge is -2.26. The van der Waals surface area contributed by atoms with Gasteiger partial charge in [0.1, 0.15) is 5.76 Å². The Morgan fingerprint density at radius 2 is 1.81 bits per heavy atom. The van der Waals surface area contributed by atoms with Crippen molar-refractivity contribution < 1.29 is 17.6 Å². The summed E-state index contributed by atoms with van der Waals surface area (Å²) in [4.78, 5) is 15.2. The van der Waals surface area contributed by atoms with Crippen LogP contribution in [0.3, 0.4) is 0 Å². The molecule has 8 heteroatoms. The van der Waals surface area contributed by atoms with Crippen LogP contribution in [0.25, 0.3) is 0 Å². The summed E-state index contributed by atoms with van der Waals surface area (Å²) in [7, 11) is -3.82. The summed E-state index contributed by atoms with van der Waals surface area (Å²) in [6.07, 6.45) is 3.88. The third kappa shape index (κ3) is 5.20. The molecule has 1 amide bonds. The first-order valence-electron chi connectivity index (χ1n) is 10.7. The molecule has 1 atom stereocenters. The average molecular weight is 454 g/mol. The monoisotopic (exact) mass is 453 g/mol. The second kappa shape index (κ2) is 9.58. The quantitative estimate of drug-likeness (QED) is 0.539. The van der Waals surface area contributed by atoms with Crippen LogP contribution in [-0.2, 0) is 10.0 Å². The number of anilines is 1. The molecule has 1 aromatic heterocycles. The van der Waals surface area contributed by atoms with Crippen LogP contribution in [0.15, 0.2) is 76.2 Å². The van der Waals surface area contributed by atoms with Gasteiger partial charge in [0.05, 0.1) is 17.2 Å². The van der Waals surface area contributed by atoms with E-state index in [-0.39, 0.29) is 22.4 Å². The van der Waals surface area contributed by atoms with E-state index in [1.807, 2.05) is 31.2 Å². The van der Waals surface area contributed by atoms with Crippen molar-refractivity contribution >= 4 is 21.6 Å². The highest BCUT2D eigenvalue weighted by Gasteiger charge is 2.26. The minimum Gasteiger partial charge on any atom is -0.468 e. The van der Waals surface area contributed by atoms with Crippen molar-refractivity contribution in [2.45, 2.75) is 30.7 Å². The zero-order chi connectivity index (χ0) is 22.6. The van der Waals surface area contributed by atoms with Crippen molar-refractivity contribution in [1.82, 2.24) is 10.2 Å². The number of amides is 1. The van der Waals surface area contributed by atoms with Crippen molar-refractivity contribution in [3.8, 4) is 0 Å². The molecule has 1 fully saturated rings. The highest BCUT2D eigenvalue weighted by Crippen LogP contribution is 2.25. The largest absolute Gasteiger partial charge is 0.468 e. The first kappa shape index (κ1) is 22.1. The molecular formula is C24H27N3O4S. The molecule has 0 unspecified atom stereocenters. The van der Waals surface area contributed by atoms with Crippen molar-refractivity contribution in [2.24, 2.45) is 0 Å². The van der Waals surface area contributed by atoms with Gasteiger partial charge in [0.2, 0.25) is 0 Å². The number of hydrogen-bond donors (Lipinski definition) is 2. The smallest absolute Gasteiger partial charge is 0.261 e. The molecule has 168 valence electrons. The molecule has 0 bridgehead atoms. The van der Waals surface area contributed by atoms with Gasteiger partial charge in [-0.1, -0.05) is 23.8 Å². The van der Waals surface area contributed by atoms with E-state index in [0.29, 0.717) is 12.2 Å². The Balaban J connectivity index is 1.46. The predicted molar refractivity (Wildman–Crippen MR) is 123 cm³/mol. The maximum atomic E-state index is 12.8. The summed E-state index contributed by atoms with van der Waals surface area (Å²) in [5.41, 5.74) is 1.79. The third-order valence-corrected chi connectivity index (χ3v) is 7.00. The van der Waals surface area contributed by atoms with Gasteiger partial charge < -0.3 is 9.73 Å². The summed E-state index contributed by atoms with van der Waals surface area (Å²) in [5.74, 6) is 0.485. The van der Waals surface area contributed by atoms with Crippen LogP contribution in [-0.4, -0.2) is 38.9 Å². The van der Waals surface area contributed by atoms with Gasteiger partial charge in [-0.05, 0) is 75.3 Å². The molecule has 1 saturated heterocycles. The molecule has 2 N–H and O–H groups in total. The molecule has 0 saturated carbocycles. The second-order valence-corrected chi connectivity index (χ2v) is 9.67. The van der Waals surface area contributed by atoms with E-state index in [2.05, 4.69) is 14.9 Å². The Hall–Kier alpha value is -3.10. The molecule has 4 rings (SSSR count). The SMILES string of the molecule is Cc1ccc(NS(=O)(=O)c2cccc(C(=O)NC[C@@H](c3ccco3)N3CCCC3)c2)cc1. The number of nitrogens with zero attached hydrogens (tertiary/aromatic N) is 1. The van der Waals surface area contributed by atoms with Crippen LogP contribution >= 0.6 is 0 Å². The maximum Gasteiger partial charge on any atom is 0.261 e. The van der Waals surface area contributed by atoms with Gasteiger partial charge in [0, 0.05) is 17.8 Å². The van der Waals surface area contributed by atoms with E-state index >= 15 is 0 Å². The lowest BCUT2D eigenvalue weighted by molar-refractivity contribution is 0.0933. The van der Waals surface area contributed by atoms with Gasteiger partial charge in [-0.15, -0.1) is 0 Å². The van der Waals surface area contributed by atoms with Crippen LogP contribution < -0.4 is 10.0 Å². The third-order valence-electron chi connectivity index (χ3n) is 5.62. The number of carbonyl (C=O) groups is 1. The molecule has 32 heavy (non-hydrogen) atoms. The maximum absolute atomic E-state index is 12.8. The summed E-state index contributed by atoms with van der Waals surface area (Å²) >= 11 is 0. The minimum absolute atomic E-state index is 0.0350. The van der Waals surface area contributed by atoms with Gasteiger partial charge in [0.15, 0.2) is 0 Å². The zero-order valence-electron chi connectivity index (χ0n) is 18.0. The number of furan rings is 1. The molecule has 1 aliphatic rings. The molecule has 3 aromatic rings. The minimum atomic E-state index is -3.82. The van der Waals surface area contributed by atoms with Crippen LogP contribution in [0.1, 0.15) is 40.6 Å². The van der Waals surface area contributed by atoms with Crippen molar-refractivity contribution in [1.29, 1.82) is 0 Å². The number of sulfonamides is 1.